The molecule has 0 aromatic heterocycles. The lowest BCUT2D eigenvalue weighted by molar-refractivity contribution is -0.134. The molecule has 0 aliphatic rings. The number of hydrogen-bond donors (Lipinski definition) is 2. The van der Waals surface area contributed by atoms with Crippen molar-refractivity contribution in [2.45, 2.75) is 6.92 Å². The van der Waals surface area contributed by atoms with Gasteiger partial charge in [0, 0.05) is 11.1 Å². The van der Waals surface area contributed by atoms with Crippen molar-refractivity contribution in [2.24, 2.45) is 0 Å². The van der Waals surface area contributed by atoms with Crippen LogP contribution >= 0.6 is 0 Å². The number of fused-ring (bicyclic) bond motifs is 1. The summed E-state index contributed by atoms with van der Waals surface area (Å²) in [5.74, 6) is -0.854. The van der Waals surface area contributed by atoms with Gasteiger partial charge < -0.3 is 10.4 Å². The van der Waals surface area contributed by atoms with Crippen molar-refractivity contribution >= 4 is 22.4 Å². The molecule has 2 rings (SSSR count). The number of anilines is 1. The Hall–Kier alpha value is -2.03. The molecular formula is C13H13NO2. The van der Waals surface area contributed by atoms with Crippen LogP contribution < -0.4 is 5.32 Å². The summed E-state index contributed by atoms with van der Waals surface area (Å²) in [6, 6.07) is 12.0. The first-order valence-electron chi connectivity index (χ1n) is 5.12. The number of benzene rings is 2. The Morgan fingerprint density at radius 3 is 2.75 bits per heavy atom. The smallest absolute Gasteiger partial charge is 0.322 e. The number of rotatable bonds is 3. The van der Waals surface area contributed by atoms with E-state index in [2.05, 4.69) is 5.32 Å². The summed E-state index contributed by atoms with van der Waals surface area (Å²) in [6.07, 6.45) is 0. The van der Waals surface area contributed by atoms with Crippen molar-refractivity contribution in [2.75, 3.05) is 11.9 Å². The molecule has 2 N–H and O–H groups in total. The van der Waals surface area contributed by atoms with E-state index in [0.29, 0.717) is 0 Å². The Morgan fingerprint density at radius 1 is 1.25 bits per heavy atom. The second-order valence-corrected chi connectivity index (χ2v) is 3.73. The lowest BCUT2D eigenvalue weighted by Gasteiger charge is -2.11. The highest BCUT2D eigenvalue weighted by atomic mass is 16.4. The maximum absolute atomic E-state index is 10.6. The van der Waals surface area contributed by atoms with Gasteiger partial charge in [-0.15, -0.1) is 0 Å². The van der Waals surface area contributed by atoms with Gasteiger partial charge in [-0.05, 0) is 17.9 Å². The molecule has 3 heteroatoms. The van der Waals surface area contributed by atoms with E-state index >= 15 is 0 Å². The molecular weight excluding hydrogens is 202 g/mol. The number of carboxylic acids is 1. The largest absolute Gasteiger partial charge is 0.480 e. The summed E-state index contributed by atoms with van der Waals surface area (Å²) in [5.41, 5.74) is 1.96. The van der Waals surface area contributed by atoms with Crippen molar-refractivity contribution in [3.05, 3.63) is 42.0 Å². The Balaban J connectivity index is 2.48. The number of aryl methyl sites for hydroxylation is 1. The fourth-order valence-electron chi connectivity index (χ4n) is 1.78. The first-order valence-corrected chi connectivity index (χ1v) is 5.12. The Kier molecular flexibility index (Phi) is 2.77. The van der Waals surface area contributed by atoms with E-state index in [-0.39, 0.29) is 6.54 Å². The topological polar surface area (TPSA) is 49.3 Å². The summed E-state index contributed by atoms with van der Waals surface area (Å²) in [6.45, 7) is 1.91. The van der Waals surface area contributed by atoms with Crippen LogP contribution in [0.25, 0.3) is 10.8 Å². The van der Waals surface area contributed by atoms with Gasteiger partial charge in [0.1, 0.15) is 6.54 Å². The molecule has 2 aromatic carbocycles. The zero-order valence-electron chi connectivity index (χ0n) is 9.03. The fraction of sp³-hybridized carbons (Fsp3) is 0.154. The van der Waals surface area contributed by atoms with E-state index < -0.39 is 5.97 Å². The predicted octanol–water partition coefficient (Wildman–Crippen LogP) is 2.64. The van der Waals surface area contributed by atoms with Crippen molar-refractivity contribution in [3.63, 3.8) is 0 Å². The molecule has 82 valence electrons. The average molecular weight is 215 g/mol. The summed E-state index contributed by atoms with van der Waals surface area (Å²) < 4.78 is 0. The third kappa shape index (κ3) is 1.98. The van der Waals surface area contributed by atoms with Gasteiger partial charge in [-0.1, -0.05) is 36.4 Å². The summed E-state index contributed by atoms with van der Waals surface area (Å²) in [7, 11) is 0. The number of aliphatic carboxylic acids is 1. The van der Waals surface area contributed by atoms with Crippen LogP contribution in [0.4, 0.5) is 5.69 Å². The minimum atomic E-state index is -0.854. The van der Waals surface area contributed by atoms with Gasteiger partial charge in [-0.25, -0.2) is 0 Å². The average Bonchev–Trinajstić information content (AvgIpc) is 2.27. The van der Waals surface area contributed by atoms with Crippen molar-refractivity contribution in [1.29, 1.82) is 0 Å². The van der Waals surface area contributed by atoms with Crippen LogP contribution in [-0.2, 0) is 4.79 Å². The van der Waals surface area contributed by atoms with Crippen LogP contribution in [0.15, 0.2) is 36.4 Å². The minimum absolute atomic E-state index is 0.0607. The van der Waals surface area contributed by atoms with Gasteiger partial charge in [-0.2, -0.15) is 0 Å². The van der Waals surface area contributed by atoms with Crippen LogP contribution in [0, 0.1) is 6.92 Å². The van der Waals surface area contributed by atoms with Gasteiger partial charge in [0.2, 0.25) is 0 Å². The molecule has 3 nitrogen and oxygen atoms in total. The van der Waals surface area contributed by atoms with Gasteiger partial charge in [0.05, 0.1) is 0 Å². The molecule has 0 saturated carbocycles. The third-order valence-electron chi connectivity index (χ3n) is 2.55. The Bertz CT molecular complexity index is 534. The molecule has 0 unspecified atom stereocenters. The molecule has 0 spiro atoms. The van der Waals surface area contributed by atoms with Crippen LogP contribution in [0.1, 0.15) is 5.56 Å². The predicted molar refractivity (Wildman–Crippen MR) is 64.8 cm³/mol. The lowest BCUT2D eigenvalue weighted by Crippen LogP contribution is -2.13. The quantitative estimate of drug-likeness (QED) is 0.827. The maximum Gasteiger partial charge on any atom is 0.322 e. The normalized spacial score (nSPS) is 10.3. The van der Waals surface area contributed by atoms with Crippen LogP contribution in [0.5, 0.6) is 0 Å². The Labute approximate surface area is 93.7 Å². The van der Waals surface area contributed by atoms with Gasteiger partial charge >= 0.3 is 5.97 Å². The lowest BCUT2D eigenvalue weighted by atomic mass is 10.0. The first-order chi connectivity index (χ1) is 7.68. The monoisotopic (exact) mass is 215 g/mol. The second kappa shape index (κ2) is 4.23. The van der Waals surface area contributed by atoms with Gasteiger partial charge in [0.25, 0.3) is 0 Å². The Morgan fingerprint density at radius 2 is 2.00 bits per heavy atom. The first kappa shape index (κ1) is 10.5. The fourth-order valence-corrected chi connectivity index (χ4v) is 1.78. The molecule has 0 aliphatic carbocycles. The van der Waals surface area contributed by atoms with E-state index in [9.17, 15) is 4.79 Å². The molecule has 0 saturated heterocycles. The molecule has 0 aliphatic heterocycles. The zero-order valence-corrected chi connectivity index (χ0v) is 9.03. The highest BCUT2D eigenvalue weighted by molar-refractivity contribution is 5.96. The van der Waals surface area contributed by atoms with E-state index in [0.717, 1.165) is 22.0 Å². The van der Waals surface area contributed by atoms with Crippen molar-refractivity contribution in [3.8, 4) is 0 Å². The standard InChI is InChI=1S/C13H13NO2/c1-9-6-7-10-4-2-3-5-11(10)13(9)14-8-12(15)16/h2-7,14H,8H2,1H3,(H,15,16). The zero-order chi connectivity index (χ0) is 11.5. The molecule has 0 radical (unpaired) electrons. The van der Waals surface area contributed by atoms with Gasteiger partial charge in [-0.3, -0.25) is 4.79 Å². The van der Waals surface area contributed by atoms with E-state index in [1.54, 1.807) is 0 Å². The summed E-state index contributed by atoms with van der Waals surface area (Å²) in [4.78, 5) is 10.6. The van der Waals surface area contributed by atoms with E-state index in [1.165, 1.54) is 0 Å². The molecule has 2 aromatic rings. The van der Waals surface area contributed by atoms with E-state index in [1.807, 2.05) is 43.3 Å². The molecule has 0 bridgehead atoms. The van der Waals surface area contributed by atoms with Crippen LogP contribution in [-0.4, -0.2) is 17.6 Å². The van der Waals surface area contributed by atoms with E-state index in [4.69, 9.17) is 5.11 Å². The number of carboxylic acid groups (broad SMARTS) is 1. The SMILES string of the molecule is Cc1ccc2ccccc2c1NCC(=O)O. The highest BCUT2D eigenvalue weighted by Gasteiger charge is 2.05. The van der Waals surface area contributed by atoms with Crippen LogP contribution in [0.2, 0.25) is 0 Å². The maximum atomic E-state index is 10.6. The summed E-state index contributed by atoms with van der Waals surface area (Å²) in [5, 5.41) is 13.8. The highest BCUT2D eigenvalue weighted by Crippen LogP contribution is 2.26. The second-order valence-electron chi connectivity index (χ2n) is 3.73. The van der Waals surface area contributed by atoms with Gasteiger partial charge in [0.15, 0.2) is 0 Å². The minimum Gasteiger partial charge on any atom is -0.480 e. The molecule has 0 fully saturated rings. The number of carbonyl (C=O) groups is 1. The molecule has 0 amide bonds. The van der Waals surface area contributed by atoms with Crippen molar-refractivity contribution < 1.29 is 9.90 Å². The number of hydrogen-bond acceptors (Lipinski definition) is 2. The molecule has 16 heavy (non-hydrogen) atoms. The molecule has 0 atom stereocenters. The van der Waals surface area contributed by atoms with Crippen LogP contribution in [0.3, 0.4) is 0 Å². The summed E-state index contributed by atoms with van der Waals surface area (Å²) >= 11 is 0. The molecule has 0 heterocycles. The number of nitrogens with one attached hydrogen (secondary N) is 1. The van der Waals surface area contributed by atoms with Crippen molar-refractivity contribution in [1.82, 2.24) is 0 Å². The third-order valence-corrected chi connectivity index (χ3v) is 2.55.